The van der Waals surface area contributed by atoms with Gasteiger partial charge in [0.25, 0.3) is 5.91 Å². The molecule has 0 aliphatic carbocycles. The quantitative estimate of drug-likeness (QED) is 0.871. The van der Waals surface area contributed by atoms with E-state index in [0.29, 0.717) is 11.4 Å². The average molecular weight is 373 g/mol. The Morgan fingerprint density at radius 2 is 2.00 bits per heavy atom. The maximum Gasteiger partial charge on any atom is 0.268 e. The van der Waals surface area contributed by atoms with E-state index in [4.69, 9.17) is 4.74 Å². The molecule has 2 heterocycles. The number of anilines is 1. The Morgan fingerprint density at radius 1 is 1.26 bits per heavy atom. The SMILES string of the molecule is CC(NC(=O)CN1C(=O)C(C)Oc2ccccc21)C(=O)N1CCCCC1C. The Labute approximate surface area is 159 Å². The van der Waals surface area contributed by atoms with Crippen LogP contribution in [0, 0.1) is 0 Å². The highest BCUT2D eigenvalue weighted by Crippen LogP contribution is 2.33. The summed E-state index contributed by atoms with van der Waals surface area (Å²) in [5.41, 5.74) is 0.569. The lowest BCUT2D eigenvalue weighted by Crippen LogP contribution is -2.54. The predicted octanol–water partition coefficient (Wildman–Crippen LogP) is 1.71. The van der Waals surface area contributed by atoms with Crippen molar-refractivity contribution in [2.45, 2.75) is 58.2 Å². The lowest BCUT2D eigenvalue weighted by molar-refractivity contribution is -0.138. The number of fused-ring (bicyclic) bond motifs is 1. The standard InChI is InChI=1S/C20H27N3O4/c1-13-8-6-7-11-22(13)19(25)14(2)21-18(24)12-23-16-9-4-5-10-17(16)27-15(3)20(23)26/h4-5,9-10,13-15H,6-8,11-12H2,1-3H3,(H,21,24). The fourth-order valence-electron chi connectivity index (χ4n) is 3.69. The Hall–Kier alpha value is -2.57. The highest BCUT2D eigenvalue weighted by Gasteiger charge is 2.33. The topological polar surface area (TPSA) is 79.0 Å². The van der Waals surface area contributed by atoms with E-state index in [1.807, 2.05) is 17.9 Å². The van der Waals surface area contributed by atoms with Crippen LogP contribution in [0.25, 0.3) is 0 Å². The second-order valence-electron chi connectivity index (χ2n) is 7.32. The third-order valence-corrected chi connectivity index (χ3v) is 5.21. The van der Waals surface area contributed by atoms with Gasteiger partial charge in [0.1, 0.15) is 18.3 Å². The van der Waals surface area contributed by atoms with Crippen molar-refractivity contribution < 1.29 is 19.1 Å². The van der Waals surface area contributed by atoms with Gasteiger partial charge in [-0.2, -0.15) is 0 Å². The normalized spacial score (nSPS) is 23.3. The zero-order chi connectivity index (χ0) is 19.6. The molecule has 0 saturated carbocycles. The smallest absolute Gasteiger partial charge is 0.268 e. The first-order valence-electron chi connectivity index (χ1n) is 9.55. The number of nitrogens with one attached hydrogen (secondary N) is 1. The molecular weight excluding hydrogens is 346 g/mol. The maximum absolute atomic E-state index is 12.7. The number of hydrogen-bond acceptors (Lipinski definition) is 4. The number of benzene rings is 1. The van der Waals surface area contributed by atoms with E-state index in [-0.39, 0.29) is 30.3 Å². The number of rotatable bonds is 4. The molecule has 0 aromatic heterocycles. The van der Waals surface area contributed by atoms with Gasteiger partial charge < -0.3 is 15.0 Å². The van der Waals surface area contributed by atoms with Gasteiger partial charge in [-0.3, -0.25) is 19.3 Å². The molecule has 1 N–H and O–H groups in total. The fraction of sp³-hybridized carbons (Fsp3) is 0.550. The summed E-state index contributed by atoms with van der Waals surface area (Å²) < 4.78 is 5.58. The number of likely N-dealkylation sites (tertiary alicyclic amines) is 1. The van der Waals surface area contributed by atoms with E-state index in [1.165, 1.54) is 4.90 Å². The van der Waals surface area contributed by atoms with E-state index in [1.54, 1.807) is 32.0 Å². The van der Waals surface area contributed by atoms with E-state index in [2.05, 4.69) is 5.32 Å². The number of piperidine rings is 1. The summed E-state index contributed by atoms with van der Waals surface area (Å²) in [6.07, 6.45) is 2.46. The van der Waals surface area contributed by atoms with Gasteiger partial charge in [0.2, 0.25) is 11.8 Å². The molecule has 1 fully saturated rings. The van der Waals surface area contributed by atoms with Crippen molar-refractivity contribution in [1.29, 1.82) is 0 Å². The first kappa shape index (κ1) is 19.2. The monoisotopic (exact) mass is 373 g/mol. The van der Waals surface area contributed by atoms with E-state index in [9.17, 15) is 14.4 Å². The molecule has 0 radical (unpaired) electrons. The Morgan fingerprint density at radius 3 is 2.74 bits per heavy atom. The predicted molar refractivity (Wildman–Crippen MR) is 102 cm³/mol. The van der Waals surface area contributed by atoms with Crippen molar-refractivity contribution in [3.63, 3.8) is 0 Å². The van der Waals surface area contributed by atoms with Gasteiger partial charge in [-0.1, -0.05) is 12.1 Å². The highest BCUT2D eigenvalue weighted by molar-refractivity contribution is 6.04. The first-order valence-corrected chi connectivity index (χ1v) is 9.55. The summed E-state index contributed by atoms with van der Waals surface area (Å²) in [5.74, 6) is -0.133. The van der Waals surface area contributed by atoms with Crippen molar-refractivity contribution in [3.05, 3.63) is 24.3 Å². The van der Waals surface area contributed by atoms with E-state index >= 15 is 0 Å². The number of ether oxygens (including phenoxy) is 1. The molecular formula is C20H27N3O4. The van der Waals surface area contributed by atoms with Crippen LogP contribution in [-0.4, -0.2) is 53.9 Å². The number of amides is 3. The average Bonchev–Trinajstić information content (AvgIpc) is 2.65. The second kappa shape index (κ2) is 7.98. The minimum absolute atomic E-state index is 0.0716. The van der Waals surface area contributed by atoms with Crippen molar-refractivity contribution in [2.24, 2.45) is 0 Å². The minimum atomic E-state index is -0.652. The number of para-hydroxylation sites is 2. The van der Waals surface area contributed by atoms with E-state index < -0.39 is 12.1 Å². The lowest BCUT2D eigenvalue weighted by atomic mass is 10.0. The van der Waals surface area contributed by atoms with Crippen LogP contribution in [0.15, 0.2) is 24.3 Å². The summed E-state index contributed by atoms with van der Waals surface area (Å²) in [4.78, 5) is 40.9. The molecule has 1 saturated heterocycles. The van der Waals surface area contributed by atoms with Gasteiger partial charge in [0.15, 0.2) is 6.10 Å². The summed E-state index contributed by atoms with van der Waals surface area (Å²) >= 11 is 0. The molecule has 0 bridgehead atoms. The summed E-state index contributed by atoms with van der Waals surface area (Å²) in [6.45, 7) is 5.98. The number of carbonyl (C=O) groups is 3. The molecule has 7 heteroatoms. The minimum Gasteiger partial charge on any atom is -0.479 e. The van der Waals surface area contributed by atoms with Gasteiger partial charge in [-0.25, -0.2) is 0 Å². The van der Waals surface area contributed by atoms with Crippen molar-refractivity contribution >= 4 is 23.4 Å². The van der Waals surface area contributed by atoms with Gasteiger partial charge in [-0.05, 0) is 52.2 Å². The Bertz CT molecular complexity index is 736. The second-order valence-corrected chi connectivity index (χ2v) is 7.32. The highest BCUT2D eigenvalue weighted by atomic mass is 16.5. The molecule has 3 rings (SSSR count). The molecule has 146 valence electrons. The largest absolute Gasteiger partial charge is 0.479 e. The van der Waals surface area contributed by atoms with Crippen LogP contribution in [0.5, 0.6) is 5.75 Å². The molecule has 3 atom stereocenters. The van der Waals surface area contributed by atoms with Crippen LogP contribution in [-0.2, 0) is 14.4 Å². The fourth-order valence-corrected chi connectivity index (χ4v) is 3.69. The summed E-state index contributed by atoms with van der Waals surface area (Å²) in [7, 11) is 0. The Balaban J connectivity index is 1.65. The zero-order valence-electron chi connectivity index (χ0n) is 16.1. The van der Waals surface area contributed by atoms with Crippen LogP contribution in [0.4, 0.5) is 5.69 Å². The first-order chi connectivity index (χ1) is 12.9. The van der Waals surface area contributed by atoms with Gasteiger partial charge >= 0.3 is 0 Å². The molecule has 2 aliphatic rings. The number of hydrogen-bond donors (Lipinski definition) is 1. The van der Waals surface area contributed by atoms with Crippen LogP contribution in [0.3, 0.4) is 0 Å². The molecule has 0 spiro atoms. The van der Waals surface area contributed by atoms with Gasteiger partial charge in [-0.15, -0.1) is 0 Å². The van der Waals surface area contributed by atoms with Crippen molar-refractivity contribution in [2.75, 3.05) is 18.0 Å². The molecule has 1 aromatic rings. The van der Waals surface area contributed by atoms with Crippen LogP contribution < -0.4 is 15.0 Å². The molecule has 1 aromatic carbocycles. The Kier molecular flexibility index (Phi) is 5.68. The summed E-state index contributed by atoms with van der Waals surface area (Å²) in [5, 5.41) is 2.75. The lowest BCUT2D eigenvalue weighted by Gasteiger charge is -2.36. The maximum atomic E-state index is 12.7. The zero-order valence-corrected chi connectivity index (χ0v) is 16.1. The third-order valence-electron chi connectivity index (χ3n) is 5.21. The third kappa shape index (κ3) is 4.07. The van der Waals surface area contributed by atoms with Gasteiger partial charge in [0.05, 0.1) is 5.69 Å². The van der Waals surface area contributed by atoms with Crippen LogP contribution >= 0.6 is 0 Å². The summed E-state index contributed by atoms with van der Waals surface area (Å²) in [6, 6.07) is 6.70. The number of carbonyl (C=O) groups excluding carboxylic acids is 3. The van der Waals surface area contributed by atoms with Crippen LogP contribution in [0.1, 0.15) is 40.0 Å². The molecule has 2 aliphatic heterocycles. The molecule has 7 nitrogen and oxygen atoms in total. The van der Waals surface area contributed by atoms with Gasteiger partial charge in [0, 0.05) is 12.6 Å². The molecule has 3 unspecified atom stereocenters. The van der Waals surface area contributed by atoms with Crippen molar-refractivity contribution in [1.82, 2.24) is 10.2 Å². The molecule has 27 heavy (non-hydrogen) atoms. The molecule has 3 amide bonds. The van der Waals surface area contributed by atoms with Crippen molar-refractivity contribution in [3.8, 4) is 5.75 Å². The number of nitrogens with zero attached hydrogens (tertiary/aromatic N) is 2. The van der Waals surface area contributed by atoms with E-state index in [0.717, 1.165) is 25.8 Å². The van der Waals surface area contributed by atoms with Crippen LogP contribution in [0.2, 0.25) is 0 Å².